The molecule has 0 radical (unpaired) electrons. The lowest BCUT2D eigenvalue weighted by Gasteiger charge is -2.30. The molecule has 20 heavy (non-hydrogen) atoms. The standard InChI is InChI=1S/C13H16FN3O2S/c1-9-13(3-2-6-16-9)17-20(18,19)11-4-5-12(14)10(7-11)8-15/h4-5,7,9,13,16-17H,2-3,6H2,1H3. The number of piperidine rings is 1. The molecule has 1 aliphatic heterocycles. The first-order valence-corrected chi connectivity index (χ1v) is 7.88. The van der Waals surface area contributed by atoms with E-state index in [-0.39, 0.29) is 22.5 Å². The molecule has 2 rings (SSSR count). The van der Waals surface area contributed by atoms with Crippen LogP contribution in [0.2, 0.25) is 0 Å². The Balaban J connectivity index is 2.24. The SMILES string of the molecule is CC1NCCCC1NS(=O)(=O)c1ccc(F)c(C#N)c1. The Labute approximate surface area is 117 Å². The molecule has 1 aromatic carbocycles. The maximum Gasteiger partial charge on any atom is 0.240 e. The van der Waals surface area contributed by atoms with E-state index < -0.39 is 15.8 Å². The normalized spacial score (nSPS) is 23.2. The van der Waals surface area contributed by atoms with Gasteiger partial charge >= 0.3 is 0 Å². The van der Waals surface area contributed by atoms with Gasteiger partial charge in [-0.1, -0.05) is 0 Å². The van der Waals surface area contributed by atoms with Crippen molar-refractivity contribution in [2.45, 2.75) is 36.7 Å². The van der Waals surface area contributed by atoms with E-state index in [4.69, 9.17) is 5.26 Å². The van der Waals surface area contributed by atoms with Gasteiger partial charge in [-0.15, -0.1) is 0 Å². The summed E-state index contributed by atoms with van der Waals surface area (Å²) < 4.78 is 40.4. The van der Waals surface area contributed by atoms with Crippen molar-refractivity contribution in [1.29, 1.82) is 5.26 Å². The van der Waals surface area contributed by atoms with Crippen molar-refractivity contribution >= 4 is 10.0 Å². The predicted molar refractivity (Wildman–Crippen MR) is 71.9 cm³/mol. The molecule has 0 saturated carbocycles. The number of nitrogens with one attached hydrogen (secondary N) is 2. The molecule has 0 aromatic heterocycles. The first kappa shape index (κ1) is 14.9. The minimum atomic E-state index is -3.75. The zero-order valence-electron chi connectivity index (χ0n) is 11.1. The molecule has 0 amide bonds. The van der Waals surface area contributed by atoms with Gasteiger partial charge in [-0.25, -0.2) is 17.5 Å². The van der Waals surface area contributed by atoms with Crippen LogP contribution in [0, 0.1) is 17.1 Å². The number of sulfonamides is 1. The van der Waals surface area contributed by atoms with Gasteiger partial charge in [0.05, 0.1) is 10.5 Å². The van der Waals surface area contributed by atoms with Gasteiger partial charge in [0, 0.05) is 12.1 Å². The molecule has 2 N–H and O–H groups in total. The summed E-state index contributed by atoms with van der Waals surface area (Å²) in [5.41, 5.74) is -0.275. The third-order valence-corrected chi connectivity index (χ3v) is 4.92. The fourth-order valence-electron chi connectivity index (χ4n) is 2.23. The van der Waals surface area contributed by atoms with Crippen molar-refractivity contribution in [2.24, 2.45) is 0 Å². The number of halogens is 1. The Kier molecular flexibility index (Phi) is 4.38. The third kappa shape index (κ3) is 3.15. The number of nitriles is 1. The molecule has 2 unspecified atom stereocenters. The van der Waals surface area contributed by atoms with Crippen LogP contribution in [-0.2, 0) is 10.0 Å². The van der Waals surface area contributed by atoms with Crippen LogP contribution in [0.25, 0.3) is 0 Å². The van der Waals surface area contributed by atoms with Gasteiger partial charge in [-0.3, -0.25) is 0 Å². The van der Waals surface area contributed by atoms with Gasteiger partial charge in [-0.2, -0.15) is 5.26 Å². The van der Waals surface area contributed by atoms with Crippen molar-refractivity contribution in [3.63, 3.8) is 0 Å². The zero-order valence-corrected chi connectivity index (χ0v) is 11.9. The first-order valence-electron chi connectivity index (χ1n) is 6.39. The highest BCUT2D eigenvalue weighted by atomic mass is 32.2. The number of rotatable bonds is 3. The number of hydrogen-bond donors (Lipinski definition) is 2. The van der Waals surface area contributed by atoms with Gasteiger partial charge in [0.15, 0.2) is 0 Å². The number of nitrogens with zero attached hydrogens (tertiary/aromatic N) is 1. The summed E-state index contributed by atoms with van der Waals surface area (Å²) in [7, 11) is -3.75. The van der Waals surface area contributed by atoms with Gasteiger partial charge in [0.2, 0.25) is 10.0 Å². The summed E-state index contributed by atoms with van der Waals surface area (Å²) in [5, 5.41) is 12.0. The van der Waals surface area contributed by atoms with E-state index in [1.807, 2.05) is 6.92 Å². The molecule has 1 saturated heterocycles. The fraction of sp³-hybridized carbons (Fsp3) is 0.462. The predicted octanol–water partition coefficient (Wildman–Crippen LogP) is 1.12. The topological polar surface area (TPSA) is 82.0 Å². The average Bonchev–Trinajstić information content (AvgIpc) is 2.41. The second-order valence-corrected chi connectivity index (χ2v) is 6.58. The summed E-state index contributed by atoms with van der Waals surface area (Å²) in [5.74, 6) is -0.723. The summed E-state index contributed by atoms with van der Waals surface area (Å²) in [6.07, 6.45) is 1.64. The van der Waals surface area contributed by atoms with E-state index in [2.05, 4.69) is 10.0 Å². The Morgan fingerprint density at radius 1 is 1.50 bits per heavy atom. The van der Waals surface area contributed by atoms with E-state index in [9.17, 15) is 12.8 Å². The Morgan fingerprint density at radius 2 is 2.25 bits per heavy atom. The zero-order chi connectivity index (χ0) is 14.8. The lowest BCUT2D eigenvalue weighted by atomic mass is 10.0. The molecule has 7 heteroatoms. The van der Waals surface area contributed by atoms with E-state index in [0.29, 0.717) is 0 Å². The lowest BCUT2D eigenvalue weighted by Crippen LogP contribution is -2.51. The molecule has 1 fully saturated rings. The van der Waals surface area contributed by atoms with E-state index >= 15 is 0 Å². The van der Waals surface area contributed by atoms with E-state index in [1.54, 1.807) is 6.07 Å². The summed E-state index contributed by atoms with van der Waals surface area (Å²) in [6.45, 7) is 2.78. The molecule has 1 aliphatic rings. The van der Waals surface area contributed by atoms with Crippen LogP contribution in [0.5, 0.6) is 0 Å². The first-order chi connectivity index (χ1) is 9.44. The highest BCUT2D eigenvalue weighted by Gasteiger charge is 2.26. The van der Waals surface area contributed by atoms with Crippen molar-refractivity contribution in [1.82, 2.24) is 10.0 Å². The Morgan fingerprint density at radius 3 is 2.90 bits per heavy atom. The molecular weight excluding hydrogens is 281 g/mol. The van der Waals surface area contributed by atoms with Crippen LogP contribution >= 0.6 is 0 Å². The molecule has 108 valence electrons. The maximum absolute atomic E-state index is 13.2. The monoisotopic (exact) mass is 297 g/mol. The third-order valence-electron chi connectivity index (χ3n) is 3.44. The van der Waals surface area contributed by atoms with Crippen LogP contribution in [0.1, 0.15) is 25.3 Å². The fourth-order valence-corrected chi connectivity index (χ4v) is 3.61. The van der Waals surface area contributed by atoms with Gasteiger partial charge in [-0.05, 0) is 44.5 Å². The molecule has 1 aromatic rings. The van der Waals surface area contributed by atoms with Crippen LogP contribution in [0.15, 0.2) is 23.1 Å². The molecule has 0 aliphatic carbocycles. The molecule has 1 heterocycles. The highest BCUT2D eigenvalue weighted by molar-refractivity contribution is 7.89. The highest BCUT2D eigenvalue weighted by Crippen LogP contribution is 2.17. The average molecular weight is 297 g/mol. The van der Waals surface area contributed by atoms with Gasteiger partial charge < -0.3 is 5.32 Å². The summed E-state index contributed by atoms with van der Waals surface area (Å²) in [6, 6.07) is 4.69. The molecule has 5 nitrogen and oxygen atoms in total. The Bertz CT molecular complexity index is 640. The van der Waals surface area contributed by atoms with Gasteiger partial charge in [0.1, 0.15) is 11.9 Å². The second-order valence-electron chi connectivity index (χ2n) is 4.87. The maximum atomic E-state index is 13.2. The van der Waals surface area contributed by atoms with Crippen LogP contribution in [0.3, 0.4) is 0 Å². The number of hydrogen-bond acceptors (Lipinski definition) is 4. The largest absolute Gasteiger partial charge is 0.313 e. The van der Waals surface area contributed by atoms with Crippen molar-refractivity contribution in [3.05, 3.63) is 29.6 Å². The van der Waals surface area contributed by atoms with E-state index in [0.717, 1.165) is 31.5 Å². The quantitative estimate of drug-likeness (QED) is 0.876. The van der Waals surface area contributed by atoms with Crippen molar-refractivity contribution < 1.29 is 12.8 Å². The number of benzene rings is 1. The minimum Gasteiger partial charge on any atom is -0.313 e. The van der Waals surface area contributed by atoms with Gasteiger partial charge in [0.25, 0.3) is 0 Å². The van der Waals surface area contributed by atoms with Crippen LogP contribution in [0.4, 0.5) is 4.39 Å². The van der Waals surface area contributed by atoms with Crippen molar-refractivity contribution in [3.8, 4) is 6.07 Å². The summed E-state index contributed by atoms with van der Waals surface area (Å²) >= 11 is 0. The van der Waals surface area contributed by atoms with Crippen molar-refractivity contribution in [2.75, 3.05) is 6.54 Å². The smallest absolute Gasteiger partial charge is 0.240 e. The van der Waals surface area contributed by atoms with E-state index in [1.165, 1.54) is 6.07 Å². The molecule has 2 atom stereocenters. The lowest BCUT2D eigenvalue weighted by molar-refractivity contribution is 0.349. The molecular formula is C13H16FN3O2S. The Hall–Kier alpha value is -1.49. The molecule has 0 bridgehead atoms. The molecule has 0 spiro atoms. The summed E-state index contributed by atoms with van der Waals surface area (Å²) in [4.78, 5) is -0.0896. The second kappa shape index (κ2) is 5.87. The van der Waals surface area contributed by atoms with Crippen LogP contribution < -0.4 is 10.0 Å². The van der Waals surface area contributed by atoms with Crippen LogP contribution in [-0.4, -0.2) is 27.0 Å². The minimum absolute atomic E-state index is 0.0365.